The third-order valence-corrected chi connectivity index (χ3v) is 7.48. The SMILES string of the molecule is Cc1cc2c(cc1Sc1nc3c(N)ncnc3n1CC(NC(=O)OC(C)(C)C)C(=O)OC1CCCC1)OCO2. The summed E-state index contributed by atoms with van der Waals surface area (Å²) in [5.74, 6) is 0.964. The van der Waals surface area contributed by atoms with E-state index in [1.807, 2.05) is 19.1 Å². The highest BCUT2D eigenvalue weighted by atomic mass is 32.2. The summed E-state index contributed by atoms with van der Waals surface area (Å²) in [5.41, 5.74) is 7.15. The molecule has 1 aliphatic heterocycles. The highest BCUT2D eigenvalue weighted by Crippen LogP contribution is 2.41. The molecule has 1 atom stereocenters. The summed E-state index contributed by atoms with van der Waals surface area (Å²) < 4.78 is 24.0. The van der Waals surface area contributed by atoms with Crippen LogP contribution in [0.2, 0.25) is 0 Å². The highest BCUT2D eigenvalue weighted by Gasteiger charge is 2.31. The van der Waals surface area contributed by atoms with Gasteiger partial charge in [0.1, 0.15) is 24.1 Å². The minimum Gasteiger partial charge on any atom is -0.461 e. The Kier molecular flexibility index (Phi) is 7.43. The fourth-order valence-corrected chi connectivity index (χ4v) is 5.46. The molecule has 3 heterocycles. The van der Waals surface area contributed by atoms with Crippen molar-refractivity contribution in [3.63, 3.8) is 0 Å². The Morgan fingerprint density at radius 2 is 1.92 bits per heavy atom. The maximum atomic E-state index is 13.4. The third kappa shape index (κ3) is 6.13. The number of ether oxygens (including phenoxy) is 4. The minimum atomic E-state index is -1.06. The van der Waals surface area contributed by atoms with Gasteiger partial charge in [-0.05, 0) is 71.1 Å². The maximum Gasteiger partial charge on any atom is 0.408 e. The number of benzene rings is 1. The number of fused-ring (bicyclic) bond motifs is 2. The van der Waals surface area contributed by atoms with Gasteiger partial charge in [-0.1, -0.05) is 11.8 Å². The number of rotatable bonds is 7. The number of anilines is 1. The van der Waals surface area contributed by atoms with Crippen molar-refractivity contribution in [3.8, 4) is 11.5 Å². The van der Waals surface area contributed by atoms with Crippen molar-refractivity contribution in [1.82, 2.24) is 24.8 Å². The number of nitrogens with one attached hydrogen (secondary N) is 1. The Balaban J connectivity index is 1.49. The summed E-state index contributed by atoms with van der Waals surface area (Å²) in [6.07, 6.45) is 4.03. The normalized spacial score (nSPS) is 15.9. The second kappa shape index (κ2) is 10.8. The van der Waals surface area contributed by atoms with Crippen molar-refractivity contribution in [2.45, 2.75) is 87.7 Å². The van der Waals surface area contributed by atoms with Gasteiger partial charge in [0.2, 0.25) is 6.79 Å². The van der Waals surface area contributed by atoms with Crippen molar-refractivity contribution < 1.29 is 28.5 Å². The van der Waals surface area contributed by atoms with Crippen LogP contribution in [0.15, 0.2) is 28.5 Å². The van der Waals surface area contributed by atoms with Crippen LogP contribution in [-0.4, -0.2) is 56.1 Å². The summed E-state index contributed by atoms with van der Waals surface area (Å²) in [6, 6.07) is 2.72. The summed E-state index contributed by atoms with van der Waals surface area (Å²) in [7, 11) is 0. The lowest BCUT2D eigenvalue weighted by Crippen LogP contribution is -2.47. The van der Waals surface area contributed by atoms with Gasteiger partial charge in [0, 0.05) is 4.90 Å². The standard InChI is InChI=1S/C26H32N6O6S/c1-14-9-17-18(36-13-35-17)10-19(14)39-24-31-20-21(27)28-12-29-22(20)32(24)11-16(30-25(34)38-26(2,3)4)23(33)37-15-7-5-6-8-15/h9-10,12,15-16H,5-8,11,13H2,1-4H3,(H,30,34)(H2,27,28,29). The van der Waals surface area contributed by atoms with Crippen LogP contribution >= 0.6 is 11.8 Å². The molecule has 0 spiro atoms. The number of alkyl carbamates (subject to hydrolysis) is 1. The molecule has 5 rings (SSSR count). The number of imidazole rings is 1. The van der Waals surface area contributed by atoms with E-state index in [9.17, 15) is 9.59 Å². The largest absolute Gasteiger partial charge is 0.461 e. The summed E-state index contributed by atoms with van der Waals surface area (Å²) in [5, 5.41) is 3.20. The molecule has 3 N–H and O–H groups in total. The molecule has 1 amide bonds. The number of carbonyl (C=O) groups is 2. The Bertz CT molecular complexity index is 1400. The predicted octanol–water partition coefficient (Wildman–Crippen LogP) is 3.98. The number of nitrogen functional groups attached to an aromatic ring is 1. The average molecular weight is 557 g/mol. The molecule has 2 aliphatic rings. The van der Waals surface area contributed by atoms with Crippen LogP contribution in [0.4, 0.5) is 10.6 Å². The van der Waals surface area contributed by atoms with Gasteiger partial charge < -0.3 is 34.6 Å². The second-order valence-electron chi connectivity index (χ2n) is 10.6. The first kappa shape index (κ1) is 26.9. The van der Waals surface area contributed by atoms with Crippen LogP contribution in [0, 0.1) is 6.92 Å². The van der Waals surface area contributed by atoms with E-state index >= 15 is 0 Å². The maximum absolute atomic E-state index is 13.4. The van der Waals surface area contributed by atoms with E-state index in [2.05, 4.69) is 15.3 Å². The zero-order chi connectivity index (χ0) is 27.7. The van der Waals surface area contributed by atoms with Gasteiger partial charge in [-0.25, -0.2) is 24.5 Å². The molecule has 39 heavy (non-hydrogen) atoms. The number of carbonyl (C=O) groups excluding carboxylic acids is 2. The molecular weight excluding hydrogens is 524 g/mol. The summed E-state index contributed by atoms with van der Waals surface area (Å²) in [4.78, 5) is 40.1. The molecule has 208 valence electrons. The predicted molar refractivity (Wildman–Crippen MR) is 143 cm³/mol. The van der Waals surface area contributed by atoms with Crippen LogP contribution in [0.25, 0.3) is 11.2 Å². The smallest absolute Gasteiger partial charge is 0.408 e. The lowest BCUT2D eigenvalue weighted by atomic mass is 10.2. The van der Waals surface area contributed by atoms with Gasteiger partial charge in [0.25, 0.3) is 0 Å². The van der Waals surface area contributed by atoms with Crippen LogP contribution in [0.1, 0.15) is 52.0 Å². The molecular formula is C26H32N6O6S. The van der Waals surface area contributed by atoms with Gasteiger partial charge in [-0.3, -0.25) is 0 Å². The van der Waals surface area contributed by atoms with Crippen molar-refractivity contribution >= 4 is 40.8 Å². The molecule has 1 aliphatic carbocycles. The number of hydrogen-bond acceptors (Lipinski definition) is 11. The Morgan fingerprint density at radius 1 is 1.21 bits per heavy atom. The minimum absolute atomic E-state index is 0.0102. The van der Waals surface area contributed by atoms with E-state index in [0.717, 1.165) is 36.1 Å². The molecule has 3 aromatic rings. The number of esters is 1. The first-order chi connectivity index (χ1) is 18.6. The second-order valence-corrected chi connectivity index (χ2v) is 11.6. The molecule has 12 nitrogen and oxygen atoms in total. The van der Waals surface area contributed by atoms with Crippen LogP contribution in [-0.2, 0) is 20.8 Å². The third-order valence-electron chi connectivity index (χ3n) is 6.32. The Morgan fingerprint density at radius 3 is 2.64 bits per heavy atom. The van der Waals surface area contributed by atoms with E-state index < -0.39 is 23.7 Å². The van der Waals surface area contributed by atoms with E-state index in [0.29, 0.717) is 27.8 Å². The van der Waals surface area contributed by atoms with Gasteiger partial charge >= 0.3 is 12.1 Å². The Hall–Kier alpha value is -3.74. The molecule has 1 aromatic carbocycles. The molecule has 0 bridgehead atoms. The van der Waals surface area contributed by atoms with Gasteiger partial charge in [-0.15, -0.1) is 0 Å². The zero-order valence-corrected chi connectivity index (χ0v) is 23.2. The summed E-state index contributed by atoms with van der Waals surface area (Å²) in [6.45, 7) is 7.37. The van der Waals surface area contributed by atoms with Gasteiger partial charge in [0.15, 0.2) is 33.6 Å². The van der Waals surface area contributed by atoms with E-state index in [1.165, 1.54) is 18.1 Å². The number of aromatic nitrogens is 4. The fourth-order valence-electron chi connectivity index (χ4n) is 4.47. The lowest BCUT2D eigenvalue weighted by Gasteiger charge is -2.24. The van der Waals surface area contributed by atoms with Crippen LogP contribution in [0.3, 0.4) is 0 Å². The molecule has 2 aromatic heterocycles. The molecule has 0 saturated heterocycles. The van der Waals surface area contributed by atoms with Crippen LogP contribution in [0.5, 0.6) is 11.5 Å². The Labute approximate surface area is 230 Å². The van der Waals surface area contributed by atoms with Gasteiger partial charge in [0.05, 0.1) is 6.54 Å². The first-order valence-corrected chi connectivity index (χ1v) is 13.6. The van der Waals surface area contributed by atoms with Gasteiger partial charge in [-0.2, -0.15) is 0 Å². The molecule has 1 unspecified atom stereocenters. The zero-order valence-electron chi connectivity index (χ0n) is 22.4. The lowest BCUT2D eigenvalue weighted by molar-refractivity contribution is -0.151. The summed E-state index contributed by atoms with van der Waals surface area (Å²) >= 11 is 1.35. The average Bonchev–Trinajstić information content (AvgIpc) is 3.59. The number of hydrogen-bond donors (Lipinski definition) is 2. The highest BCUT2D eigenvalue weighted by molar-refractivity contribution is 7.99. The number of aryl methyl sites for hydroxylation is 1. The molecule has 1 fully saturated rings. The van der Waals surface area contributed by atoms with Crippen LogP contribution < -0.4 is 20.5 Å². The first-order valence-electron chi connectivity index (χ1n) is 12.8. The fraction of sp³-hybridized carbons (Fsp3) is 0.500. The number of nitrogens with zero attached hydrogens (tertiary/aromatic N) is 4. The van der Waals surface area contributed by atoms with E-state index in [4.69, 9.17) is 29.7 Å². The quantitative estimate of drug-likeness (QED) is 0.406. The molecule has 13 heteroatoms. The molecule has 0 radical (unpaired) electrons. The van der Waals surface area contributed by atoms with Crippen molar-refractivity contribution in [3.05, 3.63) is 24.0 Å². The topological polar surface area (TPSA) is 153 Å². The van der Waals surface area contributed by atoms with Crippen molar-refractivity contribution in [2.24, 2.45) is 0 Å². The number of nitrogens with two attached hydrogens (primary N) is 1. The number of amides is 1. The van der Waals surface area contributed by atoms with Crippen molar-refractivity contribution in [1.29, 1.82) is 0 Å². The monoisotopic (exact) mass is 556 g/mol. The van der Waals surface area contributed by atoms with E-state index in [1.54, 1.807) is 25.3 Å². The van der Waals surface area contributed by atoms with E-state index in [-0.39, 0.29) is 25.3 Å². The molecule has 1 saturated carbocycles. The van der Waals surface area contributed by atoms with Crippen molar-refractivity contribution in [2.75, 3.05) is 12.5 Å².